The first-order valence-corrected chi connectivity index (χ1v) is 9.75. The summed E-state index contributed by atoms with van der Waals surface area (Å²) >= 11 is 0. The minimum Gasteiger partial charge on any atom is -0.495 e. The molecule has 1 aliphatic heterocycles. The number of anilines is 1. The molecule has 0 unspecified atom stereocenters. The van der Waals surface area contributed by atoms with Crippen molar-refractivity contribution in [3.8, 4) is 5.75 Å². The number of likely N-dealkylation sites (tertiary alicyclic amines) is 1. The third-order valence-corrected chi connectivity index (χ3v) is 5.27. The van der Waals surface area contributed by atoms with E-state index in [0.717, 1.165) is 16.7 Å². The molecule has 1 aliphatic rings. The minimum atomic E-state index is -0.0896. The van der Waals surface area contributed by atoms with Crippen LogP contribution in [0.15, 0.2) is 42.5 Å². The molecule has 2 amide bonds. The molecule has 1 fully saturated rings. The number of carbonyl (C=O) groups is 2. The molecule has 0 spiro atoms. The highest BCUT2D eigenvalue weighted by atomic mass is 16.5. The van der Waals surface area contributed by atoms with Gasteiger partial charge in [-0.2, -0.15) is 0 Å². The summed E-state index contributed by atoms with van der Waals surface area (Å²) in [5.41, 5.74) is 3.96. The molecule has 5 heteroatoms. The first-order valence-electron chi connectivity index (χ1n) is 9.75. The van der Waals surface area contributed by atoms with Crippen LogP contribution in [-0.4, -0.2) is 36.9 Å². The van der Waals surface area contributed by atoms with Crippen LogP contribution in [0.3, 0.4) is 0 Å². The van der Waals surface area contributed by atoms with Gasteiger partial charge >= 0.3 is 0 Å². The van der Waals surface area contributed by atoms with Crippen LogP contribution in [0, 0.1) is 19.8 Å². The van der Waals surface area contributed by atoms with Crippen LogP contribution < -0.4 is 10.1 Å². The van der Waals surface area contributed by atoms with Gasteiger partial charge in [-0.1, -0.05) is 35.9 Å². The summed E-state index contributed by atoms with van der Waals surface area (Å²) in [5.74, 6) is 0.692. The number of rotatable bonds is 5. The molecular weight excluding hydrogens is 352 g/mol. The monoisotopic (exact) mass is 380 g/mol. The van der Waals surface area contributed by atoms with Gasteiger partial charge in [-0.05, 0) is 49.9 Å². The van der Waals surface area contributed by atoms with Crippen molar-refractivity contribution in [3.05, 3.63) is 59.2 Å². The Morgan fingerprint density at radius 3 is 2.46 bits per heavy atom. The molecule has 0 bridgehead atoms. The van der Waals surface area contributed by atoms with Gasteiger partial charge in [-0.3, -0.25) is 9.59 Å². The van der Waals surface area contributed by atoms with E-state index in [2.05, 4.69) is 5.32 Å². The molecule has 0 aromatic heterocycles. The average Bonchev–Trinajstić information content (AvgIpc) is 2.68. The van der Waals surface area contributed by atoms with Gasteiger partial charge in [0.15, 0.2) is 0 Å². The van der Waals surface area contributed by atoms with E-state index in [4.69, 9.17) is 4.74 Å². The fraction of sp³-hybridized carbons (Fsp3) is 0.391. The highest BCUT2D eigenvalue weighted by molar-refractivity contribution is 5.94. The number of amides is 2. The Balaban J connectivity index is 1.54. The maximum atomic E-state index is 12.7. The summed E-state index contributed by atoms with van der Waals surface area (Å²) in [5, 5.41) is 2.99. The van der Waals surface area contributed by atoms with Gasteiger partial charge in [0.05, 0.1) is 19.2 Å². The van der Waals surface area contributed by atoms with Crippen molar-refractivity contribution >= 4 is 17.5 Å². The van der Waals surface area contributed by atoms with Crippen molar-refractivity contribution in [2.24, 2.45) is 5.92 Å². The maximum absolute atomic E-state index is 12.7. The summed E-state index contributed by atoms with van der Waals surface area (Å²) in [6.07, 6.45) is 1.78. The second kappa shape index (κ2) is 8.91. The molecule has 0 saturated carbocycles. The smallest absolute Gasteiger partial charge is 0.227 e. The van der Waals surface area contributed by atoms with Crippen molar-refractivity contribution < 1.29 is 14.3 Å². The van der Waals surface area contributed by atoms with Crippen LogP contribution in [0.1, 0.15) is 29.5 Å². The molecule has 2 aromatic carbocycles. The van der Waals surface area contributed by atoms with Crippen molar-refractivity contribution in [2.45, 2.75) is 33.1 Å². The molecule has 1 heterocycles. The van der Waals surface area contributed by atoms with Gasteiger partial charge in [0.1, 0.15) is 5.75 Å². The second-order valence-corrected chi connectivity index (χ2v) is 7.51. The zero-order valence-electron chi connectivity index (χ0n) is 16.8. The van der Waals surface area contributed by atoms with Crippen molar-refractivity contribution in [1.29, 1.82) is 0 Å². The zero-order valence-corrected chi connectivity index (χ0v) is 16.8. The number of piperidine rings is 1. The lowest BCUT2D eigenvalue weighted by atomic mass is 9.95. The predicted molar refractivity (Wildman–Crippen MR) is 111 cm³/mol. The summed E-state index contributed by atoms with van der Waals surface area (Å²) in [4.78, 5) is 27.1. The Morgan fingerprint density at radius 2 is 1.79 bits per heavy atom. The molecule has 2 aromatic rings. The minimum absolute atomic E-state index is 0.00492. The lowest BCUT2D eigenvalue weighted by Gasteiger charge is -2.31. The van der Waals surface area contributed by atoms with Crippen LogP contribution in [-0.2, 0) is 16.0 Å². The maximum Gasteiger partial charge on any atom is 0.227 e. The number of carbonyl (C=O) groups excluding carboxylic acids is 2. The van der Waals surface area contributed by atoms with Crippen LogP contribution in [0.25, 0.3) is 0 Å². The fourth-order valence-electron chi connectivity index (χ4n) is 3.65. The van der Waals surface area contributed by atoms with Gasteiger partial charge in [-0.25, -0.2) is 0 Å². The zero-order chi connectivity index (χ0) is 20.1. The van der Waals surface area contributed by atoms with Gasteiger partial charge in [0, 0.05) is 19.0 Å². The largest absolute Gasteiger partial charge is 0.495 e. The van der Waals surface area contributed by atoms with Crippen molar-refractivity contribution in [2.75, 3.05) is 25.5 Å². The number of hydrogen-bond acceptors (Lipinski definition) is 3. The highest BCUT2D eigenvalue weighted by Crippen LogP contribution is 2.27. The van der Waals surface area contributed by atoms with E-state index < -0.39 is 0 Å². The number of benzene rings is 2. The van der Waals surface area contributed by atoms with Crippen LogP contribution >= 0.6 is 0 Å². The van der Waals surface area contributed by atoms with E-state index >= 15 is 0 Å². The van der Waals surface area contributed by atoms with E-state index in [0.29, 0.717) is 43.8 Å². The third kappa shape index (κ3) is 4.91. The number of aryl methyl sites for hydroxylation is 2. The Morgan fingerprint density at radius 1 is 1.07 bits per heavy atom. The van der Waals surface area contributed by atoms with Gasteiger partial charge in [-0.15, -0.1) is 0 Å². The normalized spacial score (nSPS) is 14.6. The molecule has 5 nitrogen and oxygen atoms in total. The second-order valence-electron chi connectivity index (χ2n) is 7.51. The summed E-state index contributed by atoms with van der Waals surface area (Å²) in [6.45, 7) is 5.25. The number of nitrogens with one attached hydrogen (secondary N) is 1. The fourth-order valence-corrected chi connectivity index (χ4v) is 3.65. The molecule has 0 radical (unpaired) electrons. The van der Waals surface area contributed by atoms with E-state index in [1.54, 1.807) is 7.11 Å². The Kier molecular flexibility index (Phi) is 6.34. The first kappa shape index (κ1) is 19.9. The van der Waals surface area contributed by atoms with Crippen LogP contribution in [0.2, 0.25) is 0 Å². The van der Waals surface area contributed by atoms with Crippen LogP contribution in [0.5, 0.6) is 5.75 Å². The average molecular weight is 380 g/mol. The molecule has 1 N–H and O–H groups in total. The van der Waals surface area contributed by atoms with Gasteiger partial charge in [0.2, 0.25) is 11.8 Å². The Bertz CT molecular complexity index is 855. The number of methoxy groups -OCH3 is 1. The number of ether oxygens (including phenoxy) is 1. The summed E-state index contributed by atoms with van der Waals surface area (Å²) in [6, 6.07) is 13.8. The summed E-state index contributed by atoms with van der Waals surface area (Å²) in [7, 11) is 1.60. The van der Waals surface area contributed by atoms with E-state index in [9.17, 15) is 9.59 Å². The van der Waals surface area contributed by atoms with Crippen molar-refractivity contribution in [1.82, 2.24) is 4.90 Å². The molecular formula is C23H28N2O3. The third-order valence-electron chi connectivity index (χ3n) is 5.27. The lowest BCUT2D eigenvalue weighted by Crippen LogP contribution is -2.42. The molecule has 3 rings (SSSR count). The lowest BCUT2D eigenvalue weighted by molar-refractivity contribution is -0.133. The number of nitrogens with zero attached hydrogens (tertiary/aromatic N) is 1. The Labute approximate surface area is 166 Å². The van der Waals surface area contributed by atoms with E-state index in [1.807, 2.05) is 61.2 Å². The standard InChI is InChI=1S/C23H28N2O3/c1-16-5-4-6-18(13-16)15-22(26)25-11-9-19(10-12-25)23(27)24-20-14-17(2)7-8-21(20)28-3/h4-8,13-14,19H,9-12,15H2,1-3H3,(H,24,27). The molecule has 28 heavy (non-hydrogen) atoms. The molecule has 0 aliphatic carbocycles. The number of hydrogen-bond donors (Lipinski definition) is 1. The first-order chi connectivity index (χ1) is 13.5. The molecule has 148 valence electrons. The predicted octanol–water partition coefficient (Wildman–Crippen LogP) is 3.73. The Hall–Kier alpha value is -2.82. The van der Waals surface area contributed by atoms with Crippen molar-refractivity contribution in [3.63, 3.8) is 0 Å². The topological polar surface area (TPSA) is 58.6 Å². The van der Waals surface area contributed by atoms with Gasteiger partial charge in [0.25, 0.3) is 0 Å². The van der Waals surface area contributed by atoms with E-state index in [1.165, 1.54) is 0 Å². The highest BCUT2D eigenvalue weighted by Gasteiger charge is 2.27. The molecule has 0 atom stereocenters. The van der Waals surface area contributed by atoms with Crippen LogP contribution in [0.4, 0.5) is 5.69 Å². The SMILES string of the molecule is COc1ccc(C)cc1NC(=O)C1CCN(C(=O)Cc2cccc(C)c2)CC1. The molecule has 1 saturated heterocycles. The van der Waals surface area contributed by atoms with Gasteiger partial charge < -0.3 is 15.0 Å². The quantitative estimate of drug-likeness (QED) is 0.860. The summed E-state index contributed by atoms with van der Waals surface area (Å²) < 4.78 is 5.33. The van der Waals surface area contributed by atoms with E-state index in [-0.39, 0.29) is 17.7 Å².